The molecule has 2 heterocycles. The third-order valence-corrected chi connectivity index (χ3v) is 3.91. The number of benzene rings is 1. The second-order valence-electron chi connectivity index (χ2n) is 5.53. The van der Waals surface area contributed by atoms with Crippen LogP contribution in [0.4, 0.5) is 19.2 Å². The Morgan fingerprint density at radius 1 is 1.41 bits per heavy atom. The molecule has 2 aromatic rings. The third kappa shape index (κ3) is 2.49. The molecule has 0 aliphatic carbocycles. The van der Waals surface area contributed by atoms with E-state index in [9.17, 15) is 18.0 Å². The second-order valence-corrected chi connectivity index (χ2v) is 5.53. The van der Waals surface area contributed by atoms with Crippen LogP contribution in [0.1, 0.15) is 5.56 Å². The number of rotatable bonds is 2. The molecule has 8 heteroatoms. The zero-order chi connectivity index (χ0) is 16.1. The van der Waals surface area contributed by atoms with E-state index in [1.54, 1.807) is 12.1 Å². The molecule has 1 fully saturated rings. The summed E-state index contributed by atoms with van der Waals surface area (Å²) in [6.07, 6.45) is -4.49. The van der Waals surface area contributed by atoms with E-state index in [1.165, 1.54) is 4.90 Å². The Kier molecular flexibility index (Phi) is 3.26. The zero-order valence-electron chi connectivity index (χ0n) is 11.7. The van der Waals surface area contributed by atoms with Crippen molar-refractivity contribution in [2.75, 3.05) is 18.0 Å². The van der Waals surface area contributed by atoms with Gasteiger partial charge >= 0.3 is 6.18 Å². The first kappa shape index (κ1) is 14.7. The number of nitrogens with two attached hydrogens (primary N) is 1. The monoisotopic (exact) mass is 313 g/mol. The third-order valence-electron chi connectivity index (χ3n) is 3.91. The molecule has 0 unspecified atom stereocenters. The average Bonchev–Trinajstić information content (AvgIpc) is 3.00. The lowest BCUT2D eigenvalue weighted by atomic mass is 9.95. The van der Waals surface area contributed by atoms with Gasteiger partial charge < -0.3 is 15.1 Å². The molecule has 1 aromatic heterocycles. The molecule has 3 rings (SSSR count). The van der Waals surface area contributed by atoms with Crippen LogP contribution in [-0.2, 0) is 4.79 Å². The van der Waals surface area contributed by atoms with Gasteiger partial charge in [-0.05, 0) is 24.6 Å². The summed E-state index contributed by atoms with van der Waals surface area (Å²) in [5, 5.41) is 0. The minimum atomic E-state index is -4.49. The van der Waals surface area contributed by atoms with Crippen molar-refractivity contribution in [3.63, 3.8) is 0 Å². The van der Waals surface area contributed by atoms with Gasteiger partial charge in [-0.3, -0.25) is 4.79 Å². The summed E-state index contributed by atoms with van der Waals surface area (Å²) in [5.74, 6) is -4.06. The van der Waals surface area contributed by atoms with Gasteiger partial charge in [-0.2, -0.15) is 18.2 Å². The quantitative estimate of drug-likeness (QED) is 0.923. The summed E-state index contributed by atoms with van der Waals surface area (Å²) in [4.78, 5) is 16.8. The Hall–Kier alpha value is -2.25. The lowest BCUT2D eigenvalue weighted by Crippen LogP contribution is -2.37. The van der Waals surface area contributed by atoms with Crippen molar-refractivity contribution >= 4 is 23.0 Å². The van der Waals surface area contributed by atoms with Crippen LogP contribution in [0.3, 0.4) is 0 Å². The summed E-state index contributed by atoms with van der Waals surface area (Å²) >= 11 is 0. The van der Waals surface area contributed by atoms with Crippen molar-refractivity contribution in [2.24, 2.45) is 17.6 Å². The first-order chi connectivity index (χ1) is 10.3. The first-order valence-electron chi connectivity index (χ1n) is 6.74. The standard InChI is InChI=1S/C14H14F3N3O2/c1-7-2-3-11-10(4-7)19-13(22-11)20-5-8(12(18)21)9(6-20)14(15,16)17/h2-4,8-9H,5-6H2,1H3,(H2,18,21)/t8-,9-/m1/s1. The minimum Gasteiger partial charge on any atom is -0.423 e. The van der Waals surface area contributed by atoms with Crippen molar-refractivity contribution in [2.45, 2.75) is 13.1 Å². The second kappa shape index (κ2) is 4.89. The first-order valence-corrected chi connectivity index (χ1v) is 6.74. The summed E-state index contributed by atoms with van der Waals surface area (Å²) < 4.78 is 44.6. The highest BCUT2D eigenvalue weighted by Gasteiger charge is 2.52. The molecule has 0 bridgehead atoms. The van der Waals surface area contributed by atoms with Crippen LogP contribution in [0.5, 0.6) is 0 Å². The lowest BCUT2D eigenvalue weighted by molar-refractivity contribution is -0.181. The van der Waals surface area contributed by atoms with Crippen molar-refractivity contribution in [1.29, 1.82) is 0 Å². The van der Waals surface area contributed by atoms with Crippen LogP contribution in [0, 0.1) is 18.8 Å². The number of nitrogens with zero attached hydrogens (tertiary/aromatic N) is 2. The molecule has 1 saturated heterocycles. The molecule has 1 aliphatic heterocycles. The molecule has 0 saturated carbocycles. The predicted octanol–water partition coefficient (Wildman–Crippen LogP) is 2.24. The lowest BCUT2D eigenvalue weighted by Gasteiger charge is -2.18. The number of aromatic nitrogens is 1. The van der Waals surface area contributed by atoms with E-state index in [2.05, 4.69) is 4.98 Å². The summed E-state index contributed by atoms with van der Waals surface area (Å²) in [7, 11) is 0. The number of carbonyl (C=O) groups excluding carboxylic acids is 1. The zero-order valence-corrected chi connectivity index (χ0v) is 11.7. The number of halogens is 3. The molecule has 0 radical (unpaired) electrons. The summed E-state index contributed by atoms with van der Waals surface area (Å²) in [5.41, 5.74) is 7.14. The highest BCUT2D eigenvalue weighted by molar-refractivity contribution is 5.79. The SMILES string of the molecule is Cc1ccc2oc(N3C[C@@H](C(F)(F)F)[C@H](C(N)=O)C3)nc2c1. The number of oxazole rings is 1. The number of alkyl halides is 3. The average molecular weight is 313 g/mol. The van der Waals surface area contributed by atoms with Gasteiger partial charge in [0.25, 0.3) is 6.01 Å². The molecular weight excluding hydrogens is 299 g/mol. The van der Waals surface area contributed by atoms with Gasteiger partial charge in [0.05, 0.1) is 11.8 Å². The Bertz CT molecular complexity index is 726. The normalized spacial score (nSPS) is 22.5. The molecule has 5 nitrogen and oxygen atoms in total. The van der Waals surface area contributed by atoms with Crippen LogP contribution in [0.2, 0.25) is 0 Å². The van der Waals surface area contributed by atoms with Crippen molar-refractivity contribution in [1.82, 2.24) is 4.98 Å². The van der Waals surface area contributed by atoms with Crippen LogP contribution < -0.4 is 10.6 Å². The Morgan fingerprint density at radius 3 is 2.73 bits per heavy atom. The van der Waals surface area contributed by atoms with E-state index < -0.39 is 23.9 Å². The fourth-order valence-electron chi connectivity index (χ4n) is 2.74. The minimum absolute atomic E-state index is 0.0820. The van der Waals surface area contributed by atoms with Gasteiger partial charge in [0.2, 0.25) is 5.91 Å². The van der Waals surface area contributed by atoms with E-state index in [0.717, 1.165) is 5.56 Å². The summed E-state index contributed by atoms with van der Waals surface area (Å²) in [6, 6.07) is 5.40. The number of primary amides is 1. The number of anilines is 1. The van der Waals surface area contributed by atoms with Crippen LogP contribution >= 0.6 is 0 Å². The number of aryl methyl sites for hydroxylation is 1. The Labute approximate surface area is 123 Å². The highest BCUT2D eigenvalue weighted by atomic mass is 19.4. The molecule has 118 valence electrons. The topological polar surface area (TPSA) is 72.4 Å². The van der Waals surface area contributed by atoms with Gasteiger partial charge in [-0.25, -0.2) is 0 Å². The molecule has 2 N–H and O–H groups in total. The van der Waals surface area contributed by atoms with Crippen molar-refractivity contribution in [3.8, 4) is 0 Å². The predicted molar refractivity (Wildman–Crippen MR) is 73.2 cm³/mol. The number of amides is 1. The van der Waals surface area contributed by atoms with Crippen LogP contribution in [0.25, 0.3) is 11.1 Å². The molecule has 1 aromatic carbocycles. The van der Waals surface area contributed by atoms with Gasteiger partial charge in [0.1, 0.15) is 5.52 Å². The largest absolute Gasteiger partial charge is 0.423 e. The number of hydrogen-bond acceptors (Lipinski definition) is 4. The molecular formula is C14H14F3N3O2. The van der Waals surface area contributed by atoms with Crippen LogP contribution in [-0.4, -0.2) is 30.2 Å². The Morgan fingerprint density at radius 2 is 2.14 bits per heavy atom. The highest BCUT2D eigenvalue weighted by Crippen LogP contribution is 2.39. The molecule has 1 aliphatic rings. The van der Waals surface area contributed by atoms with E-state index >= 15 is 0 Å². The number of fused-ring (bicyclic) bond motifs is 1. The van der Waals surface area contributed by atoms with Gasteiger partial charge in [-0.15, -0.1) is 0 Å². The van der Waals surface area contributed by atoms with Gasteiger partial charge in [0.15, 0.2) is 5.58 Å². The smallest absolute Gasteiger partial charge is 0.394 e. The van der Waals surface area contributed by atoms with Crippen molar-refractivity contribution < 1.29 is 22.4 Å². The van der Waals surface area contributed by atoms with Gasteiger partial charge in [0, 0.05) is 13.1 Å². The maximum Gasteiger partial charge on any atom is 0.394 e. The van der Waals surface area contributed by atoms with E-state index in [4.69, 9.17) is 10.2 Å². The maximum absolute atomic E-state index is 13.0. The van der Waals surface area contributed by atoms with E-state index in [0.29, 0.717) is 11.1 Å². The summed E-state index contributed by atoms with van der Waals surface area (Å²) in [6.45, 7) is 1.35. The molecule has 22 heavy (non-hydrogen) atoms. The fraction of sp³-hybridized carbons (Fsp3) is 0.429. The molecule has 2 atom stereocenters. The number of carbonyl (C=O) groups is 1. The molecule has 1 amide bonds. The molecule has 0 spiro atoms. The van der Waals surface area contributed by atoms with Crippen LogP contribution in [0.15, 0.2) is 22.6 Å². The van der Waals surface area contributed by atoms with E-state index in [-0.39, 0.29) is 19.1 Å². The maximum atomic E-state index is 13.0. The fourth-order valence-corrected chi connectivity index (χ4v) is 2.74. The van der Waals surface area contributed by atoms with Crippen molar-refractivity contribution in [3.05, 3.63) is 23.8 Å². The Balaban J connectivity index is 1.92. The number of hydrogen-bond donors (Lipinski definition) is 1. The van der Waals surface area contributed by atoms with Gasteiger partial charge in [-0.1, -0.05) is 6.07 Å². The van der Waals surface area contributed by atoms with E-state index in [1.807, 2.05) is 13.0 Å².